The van der Waals surface area contributed by atoms with Gasteiger partial charge in [-0.1, -0.05) is 70.7 Å². The number of carbonyl (C=O) groups is 1. The van der Waals surface area contributed by atoms with Crippen molar-refractivity contribution in [2.24, 2.45) is 17.3 Å². The third-order valence-electron chi connectivity index (χ3n) is 7.23. The first-order valence-electron chi connectivity index (χ1n) is 12.1. The Labute approximate surface area is 194 Å². The van der Waals surface area contributed by atoms with Gasteiger partial charge in [0.25, 0.3) is 0 Å². The minimum absolute atomic E-state index is 0.0146. The van der Waals surface area contributed by atoms with Crippen LogP contribution in [0.25, 0.3) is 0 Å². The van der Waals surface area contributed by atoms with E-state index in [2.05, 4.69) is 50.0 Å². The first-order valence-corrected chi connectivity index (χ1v) is 12.5. The second-order valence-corrected chi connectivity index (χ2v) is 11.0. The maximum absolute atomic E-state index is 13.4. The number of hydrogen-bond donors (Lipinski definition) is 1. The van der Waals surface area contributed by atoms with E-state index in [1.165, 1.54) is 37.7 Å². The molecule has 0 spiro atoms. The average molecular weight is 449 g/mol. The highest BCUT2D eigenvalue weighted by atomic mass is 35.5. The molecule has 31 heavy (non-hydrogen) atoms. The average Bonchev–Trinajstić information content (AvgIpc) is 2.74. The number of halogens is 1. The maximum Gasteiger partial charge on any atom is 0.240 e. The van der Waals surface area contributed by atoms with E-state index in [9.17, 15) is 4.79 Å². The van der Waals surface area contributed by atoms with Gasteiger partial charge in [0, 0.05) is 18.1 Å². The van der Waals surface area contributed by atoms with Crippen molar-refractivity contribution >= 4 is 17.5 Å². The van der Waals surface area contributed by atoms with E-state index in [-0.39, 0.29) is 23.3 Å². The van der Waals surface area contributed by atoms with Gasteiger partial charge in [-0.25, -0.2) is 0 Å². The van der Waals surface area contributed by atoms with Gasteiger partial charge >= 0.3 is 0 Å². The topological polar surface area (TPSA) is 41.6 Å². The van der Waals surface area contributed by atoms with E-state index in [4.69, 9.17) is 16.3 Å². The van der Waals surface area contributed by atoms with Crippen LogP contribution >= 0.6 is 11.6 Å². The lowest BCUT2D eigenvalue weighted by molar-refractivity contribution is -0.138. The molecule has 1 N–H and O–H groups in total. The predicted molar refractivity (Wildman–Crippen MR) is 128 cm³/mol. The van der Waals surface area contributed by atoms with Crippen LogP contribution in [0.2, 0.25) is 5.02 Å². The fraction of sp³-hybridized carbons (Fsp3) is 0.731. The number of carbonyl (C=O) groups excluding carboxylic acids is 1. The fourth-order valence-corrected chi connectivity index (χ4v) is 5.52. The number of likely N-dealkylation sites (tertiary alicyclic amines) is 1. The van der Waals surface area contributed by atoms with Gasteiger partial charge in [-0.05, 0) is 60.1 Å². The Balaban J connectivity index is 1.53. The molecule has 5 heteroatoms. The third kappa shape index (κ3) is 6.69. The number of amides is 1. The summed E-state index contributed by atoms with van der Waals surface area (Å²) >= 11 is 6.08. The number of piperidine rings is 1. The summed E-state index contributed by atoms with van der Waals surface area (Å²) in [7, 11) is 0. The molecule has 1 aliphatic heterocycles. The van der Waals surface area contributed by atoms with E-state index in [0.717, 1.165) is 31.1 Å². The Morgan fingerprint density at radius 1 is 1.16 bits per heavy atom. The van der Waals surface area contributed by atoms with E-state index >= 15 is 0 Å². The molecule has 4 nitrogen and oxygen atoms in total. The summed E-state index contributed by atoms with van der Waals surface area (Å²) in [5.74, 6) is 1.55. The monoisotopic (exact) mass is 448 g/mol. The van der Waals surface area contributed by atoms with Crippen molar-refractivity contribution in [1.29, 1.82) is 0 Å². The Hall–Kier alpha value is -1.10. The normalized spacial score (nSPS) is 23.2. The van der Waals surface area contributed by atoms with Crippen molar-refractivity contribution in [3.8, 4) is 0 Å². The highest BCUT2D eigenvalue weighted by molar-refractivity contribution is 6.30. The molecule has 3 rings (SSSR count). The molecular formula is C26H41ClN2O2. The van der Waals surface area contributed by atoms with Crippen LogP contribution in [-0.2, 0) is 9.53 Å². The van der Waals surface area contributed by atoms with Crippen molar-refractivity contribution in [3.05, 3.63) is 34.9 Å². The predicted octanol–water partition coefficient (Wildman–Crippen LogP) is 5.85. The van der Waals surface area contributed by atoms with Gasteiger partial charge in [0.1, 0.15) is 0 Å². The van der Waals surface area contributed by atoms with Crippen LogP contribution in [-0.4, -0.2) is 43.3 Å². The lowest BCUT2D eigenvalue weighted by Gasteiger charge is -2.45. The minimum Gasteiger partial charge on any atom is -0.366 e. The van der Waals surface area contributed by atoms with Crippen molar-refractivity contribution in [3.63, 3.8) is 0 Å². The van der Waals surface area contributed by atoms with E-state index < -0.39 is 0 Å². The quantitative estimate of drug-likeness (QED) is 0.400. The summed E-state index contributed by atoms with van der Waals surface area (Å²) in [5.41, 5.74) is 1.33. The molecule has 1 amide bonds. The van der Waals surface area contributed by atoms with Gasteiger partial charge < -0.3 is 9.64 Å². The van der Waals surface area contributed by atoms with Gasteiger partial charge in [-0.15, -0.1) is 0 Å². The number of nitrogens with one attached hydrogen (secondary N) is 1. The van der Waals surface area contributed by atoms with Gasteiger partial charge in [0.2, 0.25) is 5.91 Å². The van der Waals surface area contributed by atoms with Crippen LogP contribution in [0.4, 0.5) is 0 Å². The molecule has 2 atom stereocenters. The number of rotatable bonds is 8. The Bertz CT molecular complexity index is 698. The molecule has 0 aromatic heterocycles. The standard InChI is InChI=1S/C26H41ClN2O2/c1-19(2)24(28-18-31-16-20-8-6-5-7-9-20)25(30)29-15-14-23(26(3,4)17-29)21-10-12-22(27)13-11-21/h10-13,19-20,23-24,28H,5-9,14-18H2,1-4H3/t23-,24-/m1/s1. The van der Waals surface area contributed by atoms with Gasteiger partial charge in [0.05, 0.1) is 19.4 Å². The summed E-state index contributed by atoms with van der Waals surface area (Å²) in [6.45, 7) is 11.6. The number of nitrogens with zero attached hydrogens (tertiary/aromatic N) is 1. The smallest absolute Gasteiger partial charge is 0.240 e. The summed E-state index contributed by atoms with van der Waals surface area (Å²) in [5, 5.41) is 4.17. The summed E-state index contributed by atoms with van der Waals surface area (Å²) in [6, 6.07) is 8.00. The van der Waals surface area contributed by atoms with Gasteiger partial charge in [-0.3, -0.25) is 10.1 Å². The largest absolute Gasteiger partial charge is 0.366 e. The molecule has 1 aromatic carbocycles. The molecule has 1 saturated carbocycles. The molecule has 2 aliphatic rings. The lowest BCUT2D eigenvalue weighted by Crippen LogP contribution is -2.55. The van der Waals surface area contributed by atoms with E-state index in [1.54, 1.807) is 0 Å². The number of hydrogen-bond acceptors (Lipinski definition) is 3. The Morgan fingerprint density at radius 3 is 2.45 bits per heavy atom. The Morgan fingerprint density at radius 2 is 1.84 bits per heavy atom. The maximum atomic E-state index is 13.4. The van der Waals surface area contributed by atoms with Crippen LogP contribution in [0.3, 0.4) is 0 Å². The van der Waals surface area contributed by atoms with Crippen LogP contribution in [0.5, 0.6) is 0 Å². The van der Waals surface area contributed by atoms with Crippen LogP contribution in [0.1, 0.15) is 77.7 Å². The van der Waals surface area contributed by atoms with E-state index in [1.807, 2.05) is 12.1 Å². The molecule has 0 bridgehead atoms. The number of ether oxygens (including phenoxy) is 1. The molecule has 0 unspecified atom stereocenters. The van der Waals surface area contributed by atoms with Crippen molar-refractivity contribution in [2.75, 3.05) is 26.4 Å². The molecule has 1 aliphatic carbocycles. The zero-order chi connectivity index (χ0) is 22.4. The second-order valence-electron chi connectivity index (χ2n) is 10.6. The SMILES string of the molecule is CC(C)[C@@H](NCOCC1CCCCC1)C(=O)N1CC[C@H](c2ccc(Cl)cc2)C(C)(C)C1. The molecule has 1 heterocycles. The fourth-order valence-electron chi connectivity index (χ4n) is 5.39. The van der Waals surface area contributed by atoms with Gasteiger partial charge in [-0.2, -0.15) is 0 Å². The molecule has 1 saturated heterocycles. The first-order chi connectivity index (χ1) is 14.8. The molecule has 0 radical (unpaired) electrons. The van der Waals surface area contributed by atoms with Crippen molar-refractivity contribution < 1.29 is 9.53 Å². The van der Waals surface area contributed by atoms with Crippen LogP contribution in [0, 0.1) is 17.3 Å². The summed E-state index contributed by atoms with van der Waals surface area (Å²) in [6.07, 6.45) is 7.56. The van der Waals surface area contributed by atoms with Gasteiger partial charge in [0.15, 0.2) is 0 Å². The highest BCUT2D eigenvalue weighted by Gasteiger charge is 2.40. The minimum atomic E-state index is -0.200. The molecule has 2 fully saturated rings. The summed E-state index contributed by atoms with van der Waals surface area (Å²) < 4.78 is 5.92. The Kier molecular flexibility index (Phi) is 8.83. The van der Waals surface area contributed by atoms with Crippen molar-refractivity contribution in [1.82, 2.24) is 10.2 Å². The number of benzene rings is 1. The lowest BCUT2D eigenvalue weighted by atomic mass is 9.70. The van der Waals surface area contributed by atoms with Crippen molar-refractivity contribution in [2.45, 2.75) is 78.2 Å². The van der Waals surface area contributed by atoms with Crippen LogP contribution < -0.4 is 5.32 Å². The zero-order valence-electron chi connectivity index (χ0n) is 19.8. The first kappa shape index (κ1) is 24.5. The zero-order valence-corrected chi connectivity index (χ0v) is 20.6. The van der Waals surface area contributed by atoms with E-state index in [0.29, 0.717) is 18.6 Å². The molecular weight excluding hydrogens is 408 g/mol. The third-order valence-corrected chi connectivity index (χ3v) is 7.48. The highest BCUT2D eigenvalue weighted by Crippen LogP contribution is 2.42. The second kappa shape index (κ2) is 11.2. The molecule has 1 aromatic rings. The van der Waals surface area contributed by atoms with Crippen LogP contribution in [0.15, 0.2) is 24.3 Å². The molecule has 174 valence electrons. The summed E-state index contributed by atoms with van der Waals surface area (Å²) in [4.78, 5) is 15.5.